The molecule has 2 atom stereocenters. The monoisotopic (exact) mass is 311 g/mol. The van der Waals surface area contributed by atoms with Crippen molar-refractivity contribution in [2.45, 2.75) is 50.5 Å². The van der Waals surface area contributed by atoms with Gasteiger partial charge in [-0.1, -0.05) is 12.1 Å². The van der Waals surface area contributed by atoms with Gasteiger partial charge in [-0.2, -0.15) is 5.26 Å². The van der Waals surface area contributed by atoms with E-state index in [4.69, 9.17) is 10.00 Å². The lowest BCUT2D eigenvalue weighted by Crippen LogP contribution is -2.49. The van der Waals surface area contributed by atoms with Crippen LogP contribution in [-0.4, -0.2) is 32.0 Å². The van der Waals surface area contributed by atoms with E-state index < -0.39 is 11.2 Å². The van der Waals surface area contributed by atoms with E-state index in [-0.39, 0.29) is 6.10 Å². The Kier molecular flexibility index (Phi) is 3.97. The summed E-state index contributed by atoms with van der Waals surface area (Å²) in [6.45, 7) is 4.33. The van der Waals surface area contributed by atoms with Crippen molar-refractivity contribution < 1.29 is 9.84 Å². The second-order valence-electron chi connectivity index (χ2n) is 6.73. The van der Waals surface area contributed by atoms with Gasteiger partial charge in [-0.3, -0.25) is 0 Å². The molecule has 120 valence electrons. The van der Waals surface area contributed by atoms with Crippen LogP contribution in [-0.2, 0) is 17.7 Å². The average molecular weight is 311 g/mol. The number of nitriles is 1. The topological polar surface area (TPSA) is 71.1 Å². The molecule has 1 saturated heterocycles. The zero-order chi connectivity index (χ0) is 16.5. The van der Waals surface area contributed by atoms with E-state index in [0.717, 1.165) is 12.0 Å². The van der Waals surface area contributed by atoms with Crippen LogP contribution in [0.1, 0.15) is 31.4 Å². The molecule has 2 heterocycles. The van der Waals surface area contributed by atoms with Gasteiger partial charge in [-0.25, -0.2) is 4.98 Å². The van der Waals surface area contributed by atoms with Crippen LogP contribution in [0, 0.1) is 11.3 Å². The van der Waals surface area contributed by atoms with E-state index in [9.17, 15) is 5.11 Å². The van der Waals surface area contributed by atoms with Crippen molar-refractivity contribution in [3.05, 3.63) is 54.1 Å². The third-order valence-corrected chi connectivity index (χ3v) is 4.70. The molecule has 0 amide bonds. The summed E-state index contributed by atoms with van der Waals surface area (Å²) in [6, 6.07) is 9.64. The molecular weight excluding hydrogens is 290 g/mol. The van der Waals surface area contributed by atoms with Crippen LogP contribution in [0.15, 0.2) is 43.0 Å². The molecule has 1 fully saturated rings. The minimum absolute atomic E-state index is 0.0496. The number of hydrogen-bond donors (Lipinski definition) is 1. The number of imidazole rings is 1. The van der Waals surface area contributed by atoms with Crippen molar-refractivity contribution in [2.75, 3.05) is 0 Å². The van der Waals surface area contributed by atoms with Gasteiger partial charge < -0.3 is 14.4 Å². The summed E-state index contributed by atoms with van der Waals surface area (Å²) >= 11 is 0. The van der Waals surface area contributed by atoms with Gasteiger partial charge >= 0.3 is 0 Å². The third-order valence-electron chi connectivity index (χ3n) is 4.70. The Balaban J connectivity index is 1.72. The lowest BCUT2D eigenvalue weighted by atomic mass is 9.84. The van der Waals surface area contributed by atoms with Crippen molar-refractivity contribution in [1.82, 2.24) is 9.55 Å². The summed E-state index contributed by atoms with van der Waals surface area (Å²) in [6.07, 6.45) is 6.51. The van der Waals surface area contributed by atoms with E-state index in [1.165, 1.54) is 0 Å². The van der Waals surface area contributed by atoms with Crippen molar-refractivity contribution in [1.29, 1.82) is 5.26 Å². The Morgan fingerprint density at radius 1 is 1.39 bits per heavy atom. The Bertz CT molecular complexity index is 701. The highest BCUT2D eigenvalue weighted by atomic mass is 16.5. The fourth-order valence-corrected chi connectivity index (χ4v) is 3.22. The van der Waals surface area contributed by atoms with E-state index in [1.807, 2.05) is 48.9 Å². The largest absolute Gasteiger partial charge is 0.385 e. The maximum Gasteiger partial charge on any atom is 0.113 e. The fraction of sp³-hybridized carbons (Fsp3) is 0.444. The van der Waals surface area contributed by atoms with E-state index in [2.05, 4.69) is 11.1 Å². The van der Waals surface area contributed by atoms with E-state index >= 15 is 0 Å². The molecule has 5 heteroatoms. The van der Waals surface area contributed by atoms with E-state index in [1.54, 1.807) is 12.5 Å². The molecule has 1 aromatic carbocycles. The molecule has 2 unspecified atom stereocenters. The minimum Gasteiger partial charge on any atom is -0.385 e. The Labute approximate surface area is 136 Å². The number of nitrogens with zero attached hydrogens (tertiary/aromatic N) is 3. The normalized spacial score (nSPS) is 26.1. The summed E-state index contributed by atoms with van der Waals surface area (Å²) < 4.78 is 8.01. The van der Waals surface area contributed by atoms with Crippen molar-refractivity contribution in [2.24, 2.45) is 0 Å². The molecule has 1 N–H and O–H groups in total. The van der Waals surface area contributed by atoms with Crippen molar-refractivity contribution in [3.8, 4) is 6.07 Å². The Hall–Kier alpha value is -2.16. The summed E-state index contributed by atoms with van der Waals surface area (Å²) in [4.78, 5) is 4.03. The molecule has 0 aliphatic carbocycles. The Morgan fingerprint density at radius 3 is 2.74 bits per heavy atom. The van der Waals surface area contributed by atoms with Gasteiger partial charge in [0.25, 0.3) is 0 Å². The molecule has 3 rings (SSSR count). The maximum atomic E-state index is 11.1. The number of aromatic nitrogens is 2. The molecule has 0 saturated carbocycles. The van der Waals surface area contributed by atoms with Gasteiger partial charge in [0.05, 0.1) is 36.2 Å². The Morgan fingerprint density at radius 2 is 2.13 bits per heavy atom. The van der Waals surface area contributed by atoms with Crippen molar-refractivity contribution >= 4 is 0 Å². The summed E-state index contributed by atoms with van der Waals surface area (Å²) in [7, 11) is 0. The summed E-state index contributed by atoms with van der Waals surface area (Å²) in [5.74, 6) is 0. The van der Waals surface area contributed by atoms with Gasteiger partial charge in [0.2, 0.25) is 0 Å². The first-order chi connectivity index (χ1) is 10.9. The third kappa shape index (κ3) is 3.14. The number of benzene rings is 1. The molecule has 2 aromatic rings. The first kappa shape index (κ1) is 15.7. The highest BCUT2D eigenvalue weighted by molar-refractivity contribution is 5.32. The molecule has 23 heavy (non-hydrogen) atoms. The minimum atomic E-state index is -0.940. The molecule has 0 bridgehead atoms. The SMILES string of the molecule is CC1(C)OC(Cc2ccc(C#N)cc2)CC1(O)Cn1ccnc1. The lowest BCUT2D eigenvalue weighted by molar-refractivity contribution is -0.116. The number of hydrogen-bond acceptors (Lipinski definition) is 4. The van der Waals surface area contributed by atoms with Crippen LogP contribution in [0.25, 0.3) is 0 Å². The van der Waals surface area contributed by atoms with Gasteiger partial charge in [0.1, 0.15) is 5.60 Å². The molecule has 0 spiro atoms. The fourth-order valence-electron chi connectivity index (χ4n) is 3.22. The number of aliphatic hydroxyl groups is 1. The molecular formula is C18H21N3O2. The second kappa shape index (κ2) is 5.80. The second-order valence-corrected chi connectivity index (χ2v) is 6.73. The lowest BCUT2D eigenvalue weighted by Gasteiger charge is -2.35. The molecule has 1 aliphatic heterocycles. The standard InChI is InChI=1S/C18H21N3O2/c1-17(2)18(22,12-21-8-7-20-13-21)10-16(23-17)9-14-3-5-15(11-19)6-4-14/h3-8,13,16,22H,9-10,12H2,1-2H3. The number of ether oxygens (including phenoxy) is 1. The van der Waals surface area contributed by atoms with Crippen LogP contribution in [0.2, 0.25) is 0 Å². The van der Waals surface area contributed by atoms with Crippen LogP contribution < -0.4 is 0 Å². The predicted molar refractivity (Wildman–Crippen MR) is 85.6 cm³/mol. The maximum absolute atomic E-state index is 11.1. The molecule has 5 nitrogen and oxygen atoms in total. The van der Waals surface area contributed by atoms with Crippen LogP contribution in [0.3, 0.4) is 0 Å². The van der Waals surface area contributed by atoms with Gasteiger partial charge in [-0.05, 0) is 38.0 Å². The van der Waals surface area contributed by atoms with Crippen LogP contribution in [0.4, 0.5) is 0 Å². The summed E-state index contributed by atoms with van der Waals surface area (Å²) in [5.41, 5.74) is 0.189. The molecule has 1 aliphatic rings. The van der Waals surface area contributed by atoms with Gasteiger partial charge in [-0.15, -0.1) is 0 Å². The van der Waals surface area contributed by atoms with Gasteiger partial charge in [0, 0.05) is 18.8 Å². The zero-order valence-corrected chi connectivity index (χ0v) is 13.4. The van der Waals surface area contributed by atoms with Crippen molar-refractivity contribution in [3.63, 3.8) is 0 Å². The van der Waals surface area contributed by atoms with Crippen LogP contribution >= 0.6 is 0 Å². The summed E-state index contributed by atoms with van der Waals surface area (Å²) in [5, 5.41) is 20.0. The molecule has 1 aromatic heterocycles. The van der Waals surface area contributed by atoms with Crippen LogP contribution in [0.5, 0.6) is 0 Å². The average Bonchev–Trinajstić information content (AvgIpc) is 3.06. The highest BCUT2D eigenvalue weighted by Crippen LogP contribution is 2.41. The quantitative estimate of drug-likeness (QED) is 0.940. The first-order valence-corrected chi connectivity index (χ1v) is 7.77. The molecule has 0 radical (unpaired) electrons. The number of rotatable bonds is 4. The highest BCUT2D eigenvalue weighted by Gasteiger charge is 2.53. The first-order valence-electron chi connectivity index (χ1n) is 7.77. The zero-order valence-electron chi connectivity index (χ0n) is 13.4. The smallest absolute Gasteiger partial charge is 0.113 e. The van der Waals surface area contributed by atoms with Gasteiger partial charge in [0.15, 0.2) is 0 Å². The van der Waals surface area contributed by atoms with E-state index in [0.29, 0.717) is 18.5 Å². The predicted octanol–water partition coefficient (Wildman–Crippen LogP) is 2.30.